The van der Waals surface area contributed by atoms with Crippen LogP contribution in [-0.4, -0.2) is 63.0 Å². The van der Waals surface area contributed by atoms with Crippen LogP contribution in [0.3, 0.4) is 0 Å². The number of benzene rings is 1. The number of carbonyl (C=O) groups is 3. The number of carboxylic acid groups (broad SMARTS) is 1. The van der Waals surface area contributed by atoms with Crippen LogP contribution in [0.2, 0.25) is 5.02 Å². The molecule has 1 aromatic carbocycles. The Balaban J connectivity index is 1.93. The molecule has 1 atom stereocenters. The number of nitrogens with one attached hydrogen (secondary N) is 2. The largest absolute Gasteiger partial charge is 0.477 e. The van der Waals surface area contributed by atoms with Crippen LogP contribution in [0.25, 0.3) is 10.9 Å². The molecule has 3 aromatic rings. The van der Waals surface area contributed by atoms with Crippen molar-refractivity contribution in [3.8, 4) is 0 Å². The number of carbonyl (C=O) groups excluding carboxylic acids is 2. The summed E-state index contributed by atoms with van der Waals surface area (Å²) in [5.74, 6) is -1.67. The van der Waals surface area contributed by atoms with Gasteiger partial charge in [-0.1, -0.05) is 29.8 Å². The molecule has 1 aliphatic rings. The Kier molecular flexibility index (Phi) is 8.63. The van der Waals surface area contributed by atoms with Crippen LogP contribution in [0.15, 0.2) is 35.1 Å². The van der Waals surface area contributed by atoms with Crippen LogP contribution in [-0.2, 0) is 16.0 Å². The Morgan fingerprint density at radius 1 is 1.10 bits per heavy atom. The van der Waals surface area contributed by atoms with Gasteiger partial charge >= 0.3 is 18.0 Å². The summed E-state index contributed by atoms with van der Waals surface area (Å²) >= 11 is 6.52. The van der Waals surface area contributed by atoms with Crippen molar-refractivity contribution in [2.75, 3.05) is 18.0 Å². The van der Waals surface area contributed by atoms with E-state index in [1.54, 1.807) is 58.2 Å². The Morgan fingerprint density at radius 2 is 1.76 bits per heavy atom. The zero-order chi connectivity index (χ0) is 31.0. The van der Waals surface area contributed by atoms with Gasteiger partial charge in [-0.2, -0.15) is 0 Å². The number of aromatic nitrogens is 2. The van der Waals surface area contributed by atoms with E-state index in [4.69, 9.17) is 21.1 Å². The summed E-state index contributed by atoms with van der Waals surface area (Å²) in [5.41, 5.74) is -1.71. The number of aromatic amines is 1. The number of piperidine rings is 1. The first-order valence-corrected chi connectivity index (χ1v) is 14.2. The SMILES string of the molecule is CC(C)(C)OC(=O)N[C@@H]1CCCN(c2c(C(=O)OC(C)(C)C)c3cc(C(=O)O)[nH]c(=O)c3n2Cc2ccccc2Cl)C1. The summed E-state index contributed by atoms with van der Waals surface area (Å²) < 4.78 is 12.9. The second-order valence-corrected chi connectivity index (χ2v) is 12.8. The number of amides is 1. The molecular formula is C30H37ClN4O7. The number of aromatic carboxylic acids is 1. The van der Waals surface area contributed by atoms with E-state index in [-0.39, 0.29) is 34.7 Å². The third-order valence-electron chi connectivity index (χ3n) is 6.59. The van der Waals surface area contributed by atoms with Gasteiger partial charge in [-0.05, 0) is 72.1 Å². The van der Waals surface area contributed by atoms with Gasteiger partial charge in [0.2, 0.25) is 0 Å². The number of anilines is 1. The zero-order valence-corrected chi connectivity index (χ0v) is 25.4. The number of H-pyrrole nitrogens is 1. The van der Waals surface area contributed by atoms with Crippen LogP contribution in [0.4, 0.5) is 10.6 Å². The molecule has 12 heteroatoms. The maximum Gasteiger partial charge on any atom is 0.407 e. The number of alkyl carbamates (subject to hydrolysis) is 1. The Morgan fingerprint density at radius 3 is 2.38 bits per heavy atom. The molecule has 11 nitrogen and oxygen atoms in total. The first kappa shape index (κ1) is 31.0. The molecule has 0 saturated carbocycles. The van der Waals surface area contributed by atoms with Crippen molar-refractivity contribution >= 4 is 46.4 Å². The minimum Gasteiger partial charge on any atom is -0.477 e. The number of esters is 1. The van der Waals surface area contributed by atoms with Crippen molar-refractivity contribution in [1.82, 2.24) is 14.9 Å². The van der Waals surface area contributed by atoms with E-state index >= 15 is 0 Å². The van der Waals surface area contributed by atoms with E-state index in [0.29, 0.717) is 42.3 Å². The van der Waals surface area contributed by atoms with Gasteiger partial charge in [0.15, 0.2) is 0 Å². The number of pyridine rings is 1. The predicted octanol–water partition coefficient (Wildman–Crippen LogP) is 5.18. The average Bonchev–Trinajstić information content (AvgIpc) is 3.18. The molecule has 3 heterocycles. The van der Waals surface area contributed by atoms with Gasteiger partial charge in [0.25, 0.3) is 5.56 Å². The highest BCUT2D eigenvalue weighted by Crippen LogP contribution is 2.36. The molecule has 0 radical (unpaired) electrons. The van der Waals surface area contributed by atoms with E-state index in [1.807, 2.05) is 17.0 Å². The highest BCUT2D eigenvalue weighted by molar-refractivity contribution is 6.31. The fourth-order valence-electron chi connectivity index (χ4n) is 5.06. The highest BCUT2D eigenvalue weighted by atomic mass is 35.5. The minimum absolute atomic E-state index is 0.0681. The third kappa shape index (κ3) is 7.07. The van der Waals surface area contributed by atoms with Crippen molar-refractivity contribution in [3.63, 3.8) is 0 Å². The zero-order valence-electron chi connectivity index (χ0n) is 24.7. The summed E-state index contributed by atoms with van der Waals surface area (Å²) in [4.78, 5) is 56.2. The third-order valence-corrected chi connectivity index (χ3v) is 6.96. The maximum absolute atomic E-state index is 13.8. The number of rotatable bonds is 6. The Bertz CT molecular complexity index is 1580. The van der Waals surface area contributed by atoms with Gasteiger partial charge in [-0.15, -0.1) is 0 Å². The van der Waals surface area contributed by atoms with Crippen molar-refractivity contribution < 1.29 is 29.0 Å². The molecule has 1 aliphatic heterocycles. The highest BCUT2D eigenvalue weighted by Gasteiger charge is 2.34. The molecule has 3 N–H and O–H groups in total. The van der Waals surface area contributed by atoms with E-state index in [1.165, 1.54) is 6.07 Å². The fourth-order valence-corrected chi connectivity index (χ4v) is 5.25. The standard InChI is InChI=1S/C30H37ClN4O7/c1-29(2,3)41-27(39)22-19-14-21(26(37)38)33-24(36)23(19)35(15-17-10-7-8-12-20(17)31)25(22)34-13-9-11-18(16-34)32-28(40)42-30(4,5)6/h7-8,10,12,14,18H,9,11,13,15-16H2,1-6H3,(H,32,40)(H,33,36)(H,37,38)/t18-/m1/s1. The van der Waals surface area contributed by atoms with Gasteiger partial charge in [0.1, 0.15) is 33.8 Å². The molecule has 226 valence electrons. The van der Waals surface area contributed by atoms with Crippen LogP contribution in [0.1, 0.15) is 80.8 Å². The number of fused-ring (bicyclic) bond motifs is 1. The smallest absolute Gasteiger partial charge is 0.407 e. The predicted molar refractivity (Wildman–Crippen MR) is 160 cm³/mol. The molecule has 2 aromatic heterocycles. The summed E-state index contributed by atoms with van der Waals surface area (Å²) in [6.45, 7) is 11.4. The lowest BCUT2D eigenvalue weighted by Gasteiger charge is -2.36. The van der Waals surface area contributed by atoms with Crippen molar-refractivity contribution in [2.45, 2.75) is 78.2 Å². The lowest BCUT2D eigenvalue weighted by molar-refractivity contribution is 0.00714. The number of hydrogen-bond acceptors (Lipinski definition) is 7. The topological polar surface area (TPSA) is 143 Å². The summed E-state index contributed by atoms with van der Waals surface area (Å²) in [6, 6.07) is 8.11. The first-order chi connectivity index (χ1) is 19.5. The Labute approximate surface area is 248 Å². The normalized spacial score (nSPS) is 15.9. The average molecular weight is 601 g/mol. The van der Waals surface area contributed by atoms with Crippen molar-refractivity contribution in [3.05, 3.63) is 62.5 Å². The molecule has 1 amide bonds. The van der Waals surface area contributed by atoms with E-state index in [0.717, 1.165) is 0 Å². The van der Waals surface area contributed by atoms with Gasteiger partial charge < -0.3 is 34.3 Å². The summed E-state index contributed by atoms with van der Waals surface area (Å²) in [6.07, 6.45) is 0.783. The van der Waals surface area contributed by atoms with Crippen LogP contribution in [0.5, 0.6) is 0 Å². The second kappa shape index (κ2) is 11.7. The van der Waals surface area contributed by atoms with Gasteiger partial charge in [0.05, 0.1) is 6.54 Å². The molecule has 42 heavy (non-hydrogen) atoms. The number of ether oxygens (including phenoxy) is 2. The number of nitrogens with zero attached hydrogens (tertiary/aromatic N) is 2. The molecular weight excluding hydrogens is 564 g/mol. The van der Waals surface area contributed by atoms with Crippen LogP contribution >= 0.6 is 11.6 Å². The number of halogens is 1. The molecule has 0 aliphatic carbocycles. The summed E-state index contributed by atoms with van der Waals surface area (Å²) in [5, 5.41) is 13.2. The van der Waals surface area contributed by atoms with E-state index in [2.05, 4.69) is 10.3 Å². The monoisotopic (exact) mass is 600 g/mol. The van der Waals surface area contributed by atoms with Gasteiger partial charge in [0, 0.05) is 29.5 Å². The molecule has 0 bridgehead atoms. The fraction of sp³-hybridized carbons (Fsp3) is 0.467. The van der Waals surface area contributed by atoms with E-state index < -0.39 is 34.8 Å². The Hall–Kier alpha value is -3.99. The van der Waals surface area contributed by atoms with Crippen LogP contribution < -0.4 is 15.8 Å². The lowest BCUT2D eigenvalue weighted by atomic mass is 10.0. The quantitative estimate of drug-likeness (QED) is 0.329. The second-order valence-electron chi connectivity index (χ2n) is 12.4. The first-order valence-electron chi connectivity index (χ1n) is 13.8. The van der Waals surface area contributed by atoms with Crippen molar-refractivity contribution in [2.24, 2.45) is 0 Å². The molecule has 1 fully saturated rings. The number of hydrogen-bond donors (Lipinski definition) is 3. The number of carboxylic acids is 1. The summed E-state index contributed by atoms with van der Waals surface area (Å²) in [7, 11) is 0. The van der Waals surface area contributed by atoms with Gasteiger partial charge in [-0.25, -0.2) is 14.4 Å². The van der Waals surface area contributed by atoms with Crippen LogP contribution in [0, 0.1) is 0 Å². The maximum atomic E-state index is 13.8. The van der Waals surface area contributed by atoms with E-state index in [9.17, 15) is 24.3 Å². The lowest BCUT2D eigenvalue weighted by Crippen LogP contribution is -2.49. The van der Waals surface area contributed by atoms with Crippen molar-refractivity contribution in [1.29, 1.82) is 0 Å². The molecule has 0 unspecified atom stereocenters. The molecule has 1 saturated heterocycles. The minimum atomic E-state index is -1.34. The molecule has 0 spiro atoms. The molecule has 4 rings (SSSR count). The van der Waals surface area contributed by atoms with Gasteiger partial charge in [-0.3, -0.25) is 4.79 Å².